The van der Waals surface area contributed by atoms with Crippen molar-refractivity contribution < 1.29 is 9.21 Å². The molecular weight excluding hydrogens is 252 g/mol. The van der Waals surface area contributed by atoms with Crippen LogP contribution in [0.25, 0.3) is 0 Å². The SMILES string of the molecule is O=C(c1ccoc1)c1ccc(Br)s1. The molecule has 0 N–H and O–H groups in total. The van der Waals surface area contributed by atoms with E-state index in [0.717, 1.165) is 3.79 Å². The highest BCUT2D eigenvalue weighted by atomic mass is 79.9. The van der Waals surface area contributed by atoms with Crippen molar-refractivity contribution in [1.29, 1.82) is 0 Å². The zero-order valence-corrected chi connectivity index (χ0v) is 8.89. The Hall–Kier alpha value is -0.870. The fraction of sp³-hybridized carbons (Fsp3) is 0. The van der Waals surface area contributed by atoms with Gasteiger partial charge < -0.3 is 4.42 Å². The second-order valence-corrected chi connectivity index (χ2v) is 4.91. The minimum Gasteiger partial charge on any atom is -0.472 e. The maximum absolute atomic E-state index is 11.7. The van der Waals surface area contributed by atoms with Crippen LogP contribution in [0, 0.1) is 0 Å². The molecule has 0 aromatic carbocycles. The quantitative estimate of drug-likeness (QED) is 0.772. The molecule has 2 heterocycles. The molecule has 0 saturated carbocycles. The second kappa shape index (κ2) is 3.47. The Morgan fingerprint density at radius 3 is 2.77 bits per heavy atom. The lowest BCUT2D eigenvalue weighted by Crippen LogP contribution is -1.94. The Labute approximate surface area is 87.3 Å². The minimum atomic E-state index is 0.00412. The van der Waals surface area contributed by atoms with Crippen LogP contribution in [0.2, 0.25) is 0 Å². The molecule has 0 aliphatic carbocycles. The molecule has 0 aliphatic rings. The number of furan rings is 1. The molecule has 0 bridgehead atoms. The maximum Gasteiger partial charge on any atom is 0.206 e. The van der Waals surface area contributed by atoms with E-state index in [1.165, 1.54) is 23.9 Å². The smallest absolute Gasteiger partial charge is 0.206 e. The molecule has 0 saturated heterocycles. The predicted octanol–water partition coefficient (Wildman–Crippen LogP) is 3.33. The molecule has 0 atom stereocenters. The normalized spacial score (nSPS) is 10.2. The molecule has 0 unspecified atom stereocenters. The van der Waals surface area contributed by atoms with Gasteiger partial charge in [0, 0.05) is 0 Å². The number of carbonyl (C=O) groups is 1. The van der Waals surface area contributed by atoms with Crippen LogP contribution in [0.4, 0.5) is 0 Å². The summed E-state index contributed by atoms with van der Waals surface area (Å²) in [6.07, 6.45) is 2.95. The predicted molar refractivity (Wildman–Crippen MR) is 54.2 cm³/mol. The van der Waals surface area contributed by atoms with E-state index in [0.29, 0.717) is 10.4 Å². The lowest BCUT2D eigenvalue weighted by atomic mass is 10.2. The number of hydrogen-bond acceptors (Lipinski definition) is 3. The third-order valence-electron chi connectivity index (χ3n) is 1.58. The topological polar surface area (TPSA) is 30.2 Å². The summed E-state index contributed by atoms with van der Waals surface area (Å²) < 4.78 is 5.79. The Morgan fingerprint density at radius 2 is 2.23 bits per heavy atom. The van der Waals surface area contributed by atoms with Crippen LogP contribution >= 0.6 is 27.3 Å². The van der Waals surface area contributed by atoms with E-state index in [1.54, 1.807) is 12.1 Å². The molecule has 13 heavy (non-hydrogen) atoms. The number of ketones is 1. The standard InChI is InChI=1S/C9H5BrO2S/c10-8-2-1-7(13-8)9(11)6-3-4-12-5-6/h1-5H. The Bertz CT molecular complexity index is 417. The van der Waals surface area contributed by atoms with Crippen molar-refractivity contribution in [1.82, 2.24) is 0 Å². The molecule has 2 nitrogen and oxygen atoms in total. The fourth-order valence-electron chi connectivity index (χ4n) is 0.972. The van der Waals surface area contributed by atoms with Crippen LogP contribution in [-0.2, 0) is 0 Å². The Balaban J connectivity index is 2.33. The summed E-state index contributed by atoms with van der Waals surface area (Å²) in [5.41, 5.74) is 0.592. The molecule has 2 aromatic heterocycles. The van der Waals surface area contributed by atoms with Gasteiger partial charge in [-0.15, -0.1) is 11.3 Å². The van der Waals surface area contributed by atoms with Crippen molar-refractivity contribution in [3.05, 3.63) is 45.0 Å². The number of thiophene rings is 1. The summed E-state index contributed by atoms with van der Waals surface area (Å²) in [7, 11) is 0. The van der Waals surface area contributed by atoms with Crippen LogP contribution in [0.5, 0.6) is 0 Å². The van der Waals surface area contributed by atoms with Gasteiger partial charge in [-0.05, 0) is 34.1 Å². The van der Waals surface area contributed by atoms with E-state index in [-0.39, 0.29) is 5.78 Å². The highest BCUT2D eigenvalue weighted by Gasteiger charge is 2.11. The summed E-state index contributed by atoms with van der Waals surface area (Å²) in [4.78, 5) is 12.4. The van der Waals surface area contributed by atoms with E-state index < -0.39 is 0 Å². The first-order valence-corrected chi connectivity index (χ1v) is 5.20. The summed E-state index contributed by atoms with van der Waals surface area (Å²) in [5.74, 6) is 0.00412. The van der Waals surface area contributed by atoms with E-state index in [1.807, 2.05) is 6.07 Å². The van der Waals surface area contributed by atoms with Gasteiger partial charge in [0.05, 0.1) is 20.5 Å². The van der Waals surface area contributed by atoms with Crippen LogP contribution in [0.3, 0.4) is 0 Å². The Kier molecular flexibility index (Phi) is 2.33. The molecule has 0 amide bonds. The highest BCUT2D eigenvalue weighted by Crippen LogP contribution is 2.24. The van der Waals surface area contributed by atoms with E-state index >= 15 is 0 Å². The molecule has 0 spiro atoms. The molecule has 0 aliphatic heterocycles. The summed E-state index contributed by atoms with van der Waals surface area (Å²) in [6.45, 7) is 0. The molecular formula is C9H5BrO2S. The molecule has 2 aromatic rings. The van der Waals surface area contributed by atoms with Crippen molar-refractivity contribution in [2.75, 3.05) is 0 Å². The number of halogens is 1. The first kappa shape index (κ1) is 8.72. The van der Waals surface area contributed by atoms with E-state index in [2.05, 4.69) is 15.9 Å². The zero-order chi connectivity index (χ0) is 9.26. The van der Waals surface area contributed by atoms with E-state index in [4.69, 9.17) is 4.42 Å². The second-order valence-electron chi connectivity index (χ2n) is 2.44. The van der Waals surface area contributed by atoms with Crippen molar-refractivity contribution >= 4 is 33.0 Å². The van der Waals surface area contributed by atoms with Gasteiger partial charge in [-0.3, -0.25) is 4.79 Å². The monoisotopic (exact) mass is 256 g/mol. The first-order valence-electron chi connectivity index (χ1n) is 3.59. The van der Waals surface area contributed by atoms with Crippen molar-refractivity contribution in [3.63, 3.8) is 0 Å². The molecule has 4 heteroatoms. The number of hydrogen-bond donors (Lipinski definition) is 0. The minimum absolute atomic E-state index is 0.00412. The maximum atomic E-state index is 11.7. The third kappa shape index (κ3) is 1.73. The lowest BCUT2D eigenvalue weighted by Gasteiger charge is -1.89. The van der Waals surface area contributed by atoms with Gasteiger partial charge in [0.15, 0.2) is 0 Å². The average molecular weight is 257 g/mol. The number of rotatable bonds is 2. The van der Waals surface area contributed by atoms with Crippen LogP contribution in [-0.4, -0.2) is 5.78 Å². The van der Waals surface area contributed by atoms with Gasteiger partial charge in [-0.2, -0.15) is 0 Å². The lowest BCUT2D eigenvalue weighted by molar-refractivity contribution is 0.104. The molecule has 66 valence electrons. The van der Waals surface area contributed by atoms with Crippen LogP contribution in [0.15, 0.2) is 38.9 Å². The average Bonchev–Trinajstić information content (AvgIpc) is 2.72. The highest BCUT2D eigenvalue weighted by molar-refractivity contribution is 9.11. The third-order valence-corrected chi connectivity index (χ3v) is 3.20. The van der Waals surface area contributed by atoms with Gasteiger partial charge in [0.1, 0.15) is 6.26 Å². The summed E-state index contributed by atoms with van der Waals surface area (Å²) in [5, 5.41) is 0. The van der Waals surface area contributed by atoms with Gasteiger partial charge in [0.2, 0.25) is 5.78 Å². The van der Waals surface area contributed by atoms with Crippen LogP contribution in [0.1, 0.15) is 15.2 Å². The van der Waals surface area contributed by atoms with Gasteiger partial charge in [-0.25, -0.2) is 0 Å². The van der Waals surface area contributed by atoms with Crippen molar-refractivity contribution in [3.8, 4) is 0 Å². The summed E-state index contributed by atoms with van der Waals surface area (Å²) >= 11 is 4.73. The van der Waals surface area contributed by atoms with E-state index in [9.17, 15) is 4.79 Å². The van der Waals surface area contributed by atoms with Gasteiger partial charge in [-0.1, -0.05) is 0 Å². The molecule has 0 radical (unpaired) electrons. The number of carbonyl (C=O) groups excluding carboxylic acids is 1. The van der Waals surface area contributed by atoms with Crippen molar-refractivity contribution in [2.45, 2.75) is 0 Å². The fourth-order valence-corrected chi connectivity index (χ4v) is 2.32. The van der Waals surface area contributed by atoms with Gasteiger partial charge >= 0.3 is 0 Å². The molecule has 0 fully saturated rings. The first-order chi connectivity index (χ1) is 6.27. The van der Waals surface area contributed by atoms with Crippen molar-refractivity contribution in [2.24, 2.45) is 0 Å². The van der Waals surface area contributed by atoms with Crippen LogP contribution < -0.4 is 0 Å². The van der Waals surface area contributed by atoms with Gasteiger partial charge in [0.25, 0.3) is 0 Å². The zero-order valence-electron chi connectivity index (χ0n) is 6.49. The largest absolute Gasteiger partial charge is 0.472 e. The Morgan fingerprint density at radius 1 is 1.38 bits per heavy atom. The molecule has 2 rings (SSSR count). The summed E-state index contributed by atoms with van der Waals surface area (Å²) in [6, 6.07) is 5.32.